The molecule has 0 aromatic heterocycles. The molecule has 0 aliphatic carbocycles. The summed E-state index contributed by atoms with van der Waals surface area (Å²) in [4.78, 5) is 32.9. The first-order valence-corrected chi connectivity index (χ1v) is 14.2. The van der Waals surface area contributed by atoms with Crippen molar-refractivity contribution >= 4 is 40.1 Å². The molecular formula is C33H38ClNO8. The van der Waals surface area contributed by atoms with Crippen molar-refractivity contribution in [2.45, 2.75) is 38.7 Å². The molecule has 43 heavy (non-hydrogen) atoms. The number of ether oxygens (including phenoxy) is 1. The number of nitrogens with zero attached hydrogens (tertiary/aromatic N) is 1. The summed E-state index contributed by atoms with van der Waals surface area (Å²) in [6, 6.07) is 28.6. The van der Waals surface area contributed by atoms with Crippen LogP contribution < -0.4 is 4.74 Å². The van der Waals surface area contributed by atoms with E-state index < -0.39 is 36.4 Å². The van der Waals surface area contributed by atoms with Gasteiger partial charge < -0.3 is 30.1 Å². The Hall–Kier alpha value is -4.18. The average molecular weight is 612 g/mol. The van der Waals surface area contributed by atoms with Gasteiger partial charge in [0.1, 0.15) is 5.75 Å². The summed E-state index contributed by atoms with van der Waals surface area (Å²) in [5.41, 5.74) is 1.47. The maximum atomic E-state index is 10.3. The van der Waals surface area contributed by atoms with Crippen LogP contribution in [0.3, 0.4) is 0 Å². The third-order valence-electron chi connectivity index (χ3n) is 6.52. The fraction of sp³-hybridized carbons (Fsp3) is 0.303. The maximum absolute atomic E-state index is 10.3. The predicted octanol–water partition coefficient (Wildman–Crippen LogP) is 5.70. The van der Waals surface area contributed by atoms with Gasteiger partial charge in [0, 0.05) is 12.1 Å². The summed E-state index contributed by atoms with van der Waals surface area (Å²) in [5.74, 6) is -4.13. The number of aliphatic hydroxyl groups is 1. The van der Waals surface area contributed by atoms with Gasteiger partial charge in [-0.25, -0.2) is 4.79 Å². The van der Waals surface area contributed by atoms with Crippen molar-refractivity contribution in [2.24, 2.45) is 0 Å². The summed E-state index contributed by atoms with van der Waals surface area (Å²) in [6.45, 7) is 8.35. The van der Waals surface area contributed by atoms with Gasteiger partial charge in [0.15, 0.2) is 5.60 Å². The molecule has 0 radical (unpaired) electrons. The second kappa shape index (κ2) is 17.7. The van der Waals surface area contributed by atoms with E-state index in [1.54, 1.807) is 0 Å². The normalized spacial score (nSPS) is 11.7. The Morgan fingerprint density at radius 2 is 1.21 bits per heavy atom. The minimum absolute atomic E-state index is 0.724. The smallest absolute Gasteiger partial charge is 0.336 e. The lowest BCUT2D eigenvalue weighted by Crippen LogP contribution is -2.42. The van der Waals surface area contributed by atoms with E-state index in [1.807, 2.05) is 60.7 Å². The van der Waals surface area contributed by atoms with Crippen LogP contribution in [0.1, 0.15) is 49.8 Å². The van der Waals surface area contributed by atoms with Crippen molar-refractivity contribution in [1.29, 1.82) is 0 Å². The van der Waals surface area contributed by atoms with E-state index in [4.69, 9.17) is 36.8 Å². The number of benzene rings is 3. The lowest BCUT2D eigenvalue weighted by molar-refractivity contribution is -0.170. The van der Waals surface area contributed by atoms with Crippen molar-refractivity contribution < 1.29 is 39.5 Å². The number of hydrogen-bond donors (Lipinski definition) is 4. The molecule has 0 unspecified atom stereocenters. The van der Waals surface area contributed by atoms with Gasteiger partial charge in [-0.15, -0.1) is 0 Å². The van der Waals surface area contributed by atoms with Crippen molar-refractivity contribution in [3.8, 4) is 5.75 Å². The highest BCUT2D eigenvalue weighted by Crippen LogP contribution is 2.35. The molecule has 3 rings (SSSR count). The first-order chi connectivity index (χ1) is 20.5. The molecular weight excluding hydrogens is 574 g/mol. The molecule has 0 saturated carbocycles. The van der Waals surface area contributed by atoms with Crippen molar-refractivity contribution in [3.05, 3.63) is 102 Å². The first-order valence-electron chi connectivity index (χ1n) is 13.9. The van der Waals surface area contributed by atoms with Gasteiger partial charge in [0.25, 0.3) is 0 Å². The van der Waals surface area contributed by atoms with Gasteiger partial charge in [0.2, 0.25) is 0 Å². The fourth-order valence-electron chi connectivity index (χ4n) is 4.20. The molecule has 3 aromatic carbocycles. The third kappa shape index (κ3) is 11.5. The molecule has 0 heterocycles. The van der Waals surface area contributed by atoms with Gasteiger partial charge in [-0.05, 0) is 48.3 Å². The molecule has 9 nitrogen and oxygen atoms in total. The Kier molecular flexibility index (Phi) is 14.4. The van der Waals surface area contributed by atoms with Gasteiger partial charge >= 0.3 is 17.9 Å². The molecule has 0 atom stereocenters. The van der Waals surface area contributed by atoms with E-state index in [0.717, 1.165) is 65.7 Å². The van der Waals surface area contributed by atoms with Crippen LogP contribution in [0.4, 0.5) is 0 Å². The quantitative estimate of drug-likeness (QED) is 0.125. The molecule has 0 amide bonds. The molecule has 0 fully saturated rings. The molecule has 3 aromatic rings. The summed E-state index contributed by atoms with van der Waals surface area (Å²) in [5, 5.41) is 34.6. The van der Waals surface area contributed by atoms with Gasteiger partial charge in [-0.2, -0.15) is 0 Å². The van der Waals surface area contributed by atoms with Crippen LogP contribution in [-0.2, 0) is 14.4 Å². The van der Waals surface area contributed by atoms with Gasteiger partial charge in [-0.1, -0.05) is 98.2 Å². The molecule has 10 heteroatoms. The molecule has 0 aliphatic heterocycles. The Bertz CT molecular complexity index is 1320. The highest BCUT2D eigenvalue weighted by Gasteiger charge is 2.40. The zero-order valence-corrected chi connectivity index (χ0v) is 25.0. The monoisotopic (exact) mass is 611 g/mol. The predicted molar refractivity (Wildman–Crippen MR) is 166 cm³/mol. The summed E-state index contributed by atoms with van der Waals surface area (Å²) in [7, 11) is 0. The van der Waals surface area contributed by atoms with Crippen LogP contribution in [0, 0.1) is 0 Å². The van der Waals surface area contributed by atoms with Crippen LogP contribution >= 0.6 is 11.6 Å². The minimum atomic E-state index is -2.74. The topological polar surface area (TPSA) is 145 Å². The number of aliphatic carboxylic acids is 3. The van der Waals surface area contributed by atoms with Crippen molar-refractivity contribution in [3.63, 3.8) is 0 Å². The number of carboxylic acids is 3. The molecule has 0 bridgehead atoms. The van der Waals surface area contributed by atoms with E-state index in [2.05, 4.69) is 43.0 Å². The highest BCUT2D eigenvalue weighted by atomic mass is 35.5. The summed E-state index contributed by atoms with van der Waals surface area (Å²) < 4.78 is 5.96. The Balaban J connectivity index is 0.000000420. The number of rotatable bonds is 15. The lowest BCUT2D eigenvalue weighted by atomic mass is 9.95. The van der Waals surface area contributed by atoms with E-state index in [-0.39, 0.29) is 0 Å². The fourth-order valence-corrected chi connectivity index (χ4v) is 4.55. The van der Waals surface area contributed by atoms with Crippen molar-refractivity contribution in [1.82, 2.24) is 4.90 Å². The number of carbonyl (C=O) groups is 3. The SMILES string of the molecule is CCN(CC)CCCOc1ccc(/C(=C(\Cl)c2ccccc2)c2ccccc2)cc1.O=C(O)CC(O)(CC(=O)O)C(=O)O. The van der Waals surface area contributed by atoms with Crippen LogP contribution in [0.15, 0.2) is 84.9 Å². The standard InChI is InChI=1S/C27H30ClNO.C6H8O7/c1-3-29(4-2)20-11-21-30-25-18-16-23(17-19-25)26(22-12-7-5-8-13-22)27(28)24-14-9-6-10-15-24;7-3(8)1-6(13,5(11)12)2-4(9)10/h5-10,12-19H,3-4,11,20-21H2,1-2H3;13H,1-2H2,(H,7,8)(H,9,10)(H,11,12)/b27-26-;. The molecule has 0 spiro atoms. The Morgan fingerprint density at radius 1 is 0.744 bits per heavy atom. The number of carboxylic acid groups (broad SMARTS) is 3. The maximum Gasteiger partial charge on any atom is 0.336 e. The van der Waals surface area contributed by atoms with Crippen LogP contribution in [0.2, 0.25) is 0 Å². The van der Waals surface area contributed by atoms with E-state index in [0.29, 0.717) is 0 Å². The van der Waals surface area contributed by atoms with Crippen molar-refractivity contribution in [2.75, 3.05) is 26.2 Å². The number of hydrogen-bond acceptors (Lipinski definition) is 6. The highest BCUT2D eigenvalue weighted by molar-refractivity contribution is 6.53. The third-order valence-corrected chi connectivity index (χ3v) is 6.93. The summed E-state index contributed by atoms with van der Waals surface area (Å²) in [6.07, 6.45) is -1.26. The minimum Gasteiger partial charge on any atom is -0.494 e. The molecule has 230 valence electrons. The van der Waals surface area contributed by atoms with Gasteiger partial charge in [0.05, 0.1) is 24.5 Å². The zero-order chi connectivity index (χ0) is 31.8. The van der Waals surface area contributed by atoms with Crippen LogP contribution in [0.5, 0.6) is 5.75 Å². The number of halogens is 1. The summed E-state index contributed by atoms with van der Waals surface area (Å²) >= 11 is 6.88. The Labute approximate surface area is 256 Å². The van der Waals surface area contributed by atoms with Gasteiger partial charge in [-0.3, -0.25) is 9.59 Å². The lowest BCUT2D eigenvalue weighted by Gasteiger charge is -2.18. The molecule has 0 aliphatic rings. The van der Waals surface area contributed by atoms with E-state index >= 15 is 0 Å². The molecule has 0 saturated heterocycles. The van der Waals surface area contributed by atoms with Crippen LogP contribution in [0.25, 0.3) is 10.6 Å². The second-order valence-corrected chi connectivity index (χ2v) is 10.0. The average Bonchev–Trinajstić information content (AvgIpc) is 2.98. The Morgan fingerprint density at radius 3 is 1.65 bits per heavy atom. The second-order valence-electron chi connectivity index (χ2n) is 9.65. The van der Waals surface area contributed by atoms with E-state index in [9.17, 15) is 14.4 Å². The first kappa shape index (κ1) is 35.0. The van der Waals surface area contributed by atoms with Crippen LogP contribution in [-0.4, -0.2) is 75.1 Å². The largest absolute Gasteiger partial charge is 0.494 e. The zero-order valence-electron chi connectivity index (χ0n) is 24.3. The molecule has 4 N–H and O–H groups in total. The van der Waals surface area contributed by atoms with E-state index in [1.165, 1.54) is 0 Å².